The van der Waals surface area contributed by atoms with Crippen molar-refractivity contribution in [2.75, 3.05) is 4.90 Å². The van der Waals surface area contributed by atoms with Crippen molar-refractivity contribution in [1.29, 1.82) is 0 Å². The Hall–Kier alpha value is -9.48. The molecule has 348 valence electrons. The van der Waals surface area contributed by atoms with Crippen molar-refractivity contribution in [2.45, 2.75) is 0 Å². The highest BCUT2D eigenvalue weighted by atomic mass is 28.3. The zero-order valence-corrected chi connectivity index (χ0v) is 41.5. The van der Waals surface area contributed by atoms with Gasteiger partial charge in [-0.05, 0) is 121 Å². The molecule has 0 atom stereocenters. The fourth-order valence-electron chi connectivity index (χ4n) is 11.9. The zero-order chi connectivity index (χ0) is 49.0. The van der Waals surface area contributed by atoms with Crippen LogP contribution in [-0.4, -0.2) is 12.6 Å². The normalized spacial score (nSPS) is 11.8. The number of fused-ring (bicyclic) bond motifs is 8. The molecule has 2 heterocycles. The molecular formula is C70H48N2OSi. The summed E-state index contributed by atoms with van der Waals surface area (Å²) in [5.41, 5.74) is 13.0. The van der Waals surface area contributed by atoms with Crippen molar-refractivity contribution < 1.29 is 4.42 Å². The first-order chi connectivity index (χ1) is 36.7. The van der Waals surface area contributed by atoms with Crippen LogP contribution in [0.1, 0.15) is 0 Å². The van der Waals surface area contributed by atoms with Crippen LogP contribution in [0.3, 0.4) is 0 Å². The molecule has 0 radical (unpaired) electrons. The molecule has 2 aromatic heterocycles. The highest BCUT2D eigenvalue weighted by Crippen LogP contribution is 2.46. The Labute approximate surface area is 431 Å². The average molecular weight is 961 g/mol. The first-order valence-electron chi connectivity index (χ1n) is 25.4. The Morgan fingerprint density at radius 2 is 0.784 bits per heavy atom. The van der Waals surface area contributed by atoms with E-state index in [4.69, 9.17) is 4.42 Å². The lowest BCUT2D eigenvalue weighted by atomic mass is 9.96. The third-order valence-electron chi connectivity index (χ3n) is 15.1. The third-order valence-corrected chi connectivity index (χ3v) is 19.9. The Bertz CT molecular complexity index is 4220. The van der Waals surface area contributed by atoms with Crippen LogP contribution >= 0.6 is 0 Å². The number of furan rings is 1. The van der Waals surface area contributed by atoms with Crippen molar-refractivity contribution in [2.24, 2.45) is 0 Å². The second kappa shape index (κ2) is 18.0. The number of hydrogen-bond donors (Lipinski definition) is 0. The number of benzene rings is 12. The fourth-order valence-corrected chi connectivity index (χ4v) is 16.6. The summed E-state index contributed by atoms with van der Waals surface area (Å²) in [7, 11) is -2.75. The van der Waals surface area contributed by atoms with Crippen molar-refractivity contribution in [1.82, 2.24) is 4.57 Å². The summed E-state index contributed by atoms with van der Waals surface area (Å²) in [6, 6.07) is 107. The predicted molar refractivity (Wildman–Crippen MR) is 315 cm³/mol. The van der Waals surface area contributed by atoms with Crippen LogP contribution in [0.2, 0.25) is 0 Å². The zero-order valence-electron chi connectivity index (χ0n) is 40.5. The van der Waals surface area contributed by atoms with Gasteiger partial charge in [0.05, 0.1) is 16.4 Å². The summed E-state index contributed by atoms with van der Waals surface area (Å²) >= 11 is 0. The van der Waals surface area contributed by atoms with Crippen LogP contribution in [0.5, 0.6) is 0 Å². The minimum atomic E-state index is -2.75. The second-order valence-electron chi connectivity index (χ2n) is 19.2. The van der Waals surface area contributed by atoms with Crippen LogP contribution in [0, 0.1) is 0 Å². The first kappa shape index (κ1) is 43.3. The molecule has 0 aliphatic carbocycles. The Morgan fingerprint density at radius 3 is 1.39 bits per heavy atom. The number of nitrogens with zero attached hydrogens (tertiary/aromatic N) is 2. The third kappa shape index (κ3) is 7.02. The monoisotopic (exact) mass is 960 g/mol. The van der Waals surface area contributed by atoms with Gasteiger partial charge in [-0.1, -0.05) is 224 Å². The standard InChI is InChI=1S/C70H48N2OSi/c1-5-22-52(23-6-1)72-65-34-17-15-31-62(65)68-64(48-67-69(70(68)72)63-32-16-18-35-66(63)73-67)51-38-42-54(43-39-51)71(53-40-36-50(37-41-53)61-33-19-21-49-20-13-14-30-60(49)61)55-44-46-59(47-45-55)74(56-24-7-2-8-25-56,57-26-9-3-10-27-57)58-28-11-4-12-29-58/h1-48H. The van der Waals surface area contributed by atoms with Gasteiger partial charge in [-0.3, -0.25) is 0 Å². The molecule has 0 fully saturated rings. The van der Waals surface area contributed by atoms with E-state index in [1.807, 2.05) is 0 Å². The van der Waals surface area contributed by atoms with E-state index in [1.165, 1.54) is 53.4 Å². The first-order valence-corrected chi connectivity index (χ1v) is 27.4. The molecule has 0 bridgehead atoms. The van der Waals surface area contributed by atoms with E-state index < -0.39 is 8.07 Å². The number of para-hydroxylation sites is 3. The summed E-state index contributed by atoms with van der Waals surface area (Å²) in [5.74, 6) is 0. The highest BCUT2D eigenvalue weighted by Gasteiger charge is 2.41. The van der Waals surface area contributed by atoms with E-state index in [2.05, 4.69) is 301 Å². The van der Waals surface area contributed by atoms with Crippen molar-refractivity contribution in [3.63, 3.8) is 0 Å². The van der Waals surface area contributed by atoms with E-state index >= 15 is 0 Å². The lowest BCUT2D eigenvalue weighted by Crippen LogP contribution is -2.74. The number of rotatable bonds is 10. The Kier molecular flexibility index (Phi) is 10.5. The molecular weight excluding hydrogens is 913 g/mol. The lowest BCUT2D eigenvalue weighted by Gasteiger charge is -2.35. The van der Waals surface area contributed by atoms with E-state index in [0.29, 0.717) is 0 Å². The van der Waals surface area contributed by atoms with Gasteiger partial charge in [0, 0.05) is 38.9 Å². The molecule has 0 unspecified atom stereocenters. The van der Waals surface area contributed by atoms with Crippen molar-refractivity contribution in [3.8, 4) is 27.9 Å². The van der Waals surface area contributed by atoms with Gasteiger partial charge in [0.15, 0.2) is 8.07 Å². The van der Waals surface area contributed by atoms with Gasteiger partial charge >= 0.3 is 0 Å². The Balaban J connectivity index is 0.949. The van der Waals surface area contributed by atoms with E-state index in [1.54, 1.807) is 0 Å². The highest BCUT2D eigenvalue weighted by molar-refractivity contribution is 7.19. The van der Waals surface area contributed by atoms with E-state index in [-0.39, 0.29) is 0 Å². The largest absolute Gasteiger partial charge is 0.456 e. The molecule has 0 saturated heterocycles. The summed E-state index contributed by atoms with van der Waals surface area (Å²) in [6.45, 7) is 0. The minimum Gasteiger partial charge on any atom is -0.456 e. The quantitative estimate of drug-likeness (QED) is 0.101. The topological polar surface area (TPSA) is 21.3 Å². The number of hydrogen-bond acceptors (Lipinski definition) is 2. The van der Waals surface area contributed by atoms with Gasteiger partial charge in [0.1, 0.15) is 11.2 Å². The molecule has 0 aliphatic heterocycles. The molecule has 12 aromatic carbocycles. The van der Waals surface area contributed by atoms with E-state index in [9.17, 15) is 0 Å². The second-order valence-corrected chi connectivity index (χ2v) is 23.0. The van der Waals surface area contributed by atoms with E-state index in [0.717, 1.165) is 66.8 Å². The SMILES string of the molecule is c1ccc(-n2c3ccccc3c3c(-c4ccc(N(c5ccc(-c6cccc7ccccc67)cc5)c5ccc([Si](c6ccccc6)(c6ccccc6)c6ccccc6)cc5)cc4)cc4oc5ccccc5c4c32)cc1. The molecule has 74 heavy (non-hydrogen) atoms. The predicted octanol–water partition coefficient (Wildman–Crippen LogP) is 16.0. The molecule has 14 rings (SSSR count). The molecule has 0 saturated carbocycles. The molecule has 0 spiro atoms. The Morgan fingerprint density at radius 1 is 0.324 bits per heavy atom. The van der Waals surface area contributed by atoms with Crippen molar-refractivity contribution in [3.05, 3.63) is 291 Å². The maximum atomic E-state index is 6.75. The fraction of sp³-hybridized carbons (Fsp3) is 0. The lowest BCUT2D eigenvalue weighted by molar-refractivity contribution is 0.669. The summed E-state index contributed by atoms with van der Waals surface area (Å²) in [5, 5.41) is 12.5. The minimum absolute atomic E-state index is 0.867. The summed E-state index contributed by atoms with van der Waals surface area (Å²) < 4.78 is 9.17. The number of aromatic nitrogens is 1. The maximum absolute atomic E-state index is 6.75. The molecule has 4 heteroatoms. The van der Waals surface area contributed by atoms with Gasteiger partial charge < -0.3 is 13.9 Å². The molecule has 14 aromatic rings. The molecule has 0 aliphatic rings. The van der Waals surface area contributed by atoms with Crippen LogP contribution < -0.4 is 25.6 Å². The molecule has 0 N–H and O–H groups in total. The van der Waals surface area contributed by atoms with Crippen LogP contribution in [0.4, 0.5) is 17.1 Å². The average Bonchev–Trinajstić information content (AvgIpc) is 4.06. The number of anilines is 3. The summed E-state index contributed by atoms with van der Waals surface area (Å²) in [4.78, 5) is 2.40. The molecule has 0 amide bonds. The van der Waals surface area contributed by atoms with Gasteiger partial charge in [0.25, 0.3) is 0 Å². The van der Waals surface area contributed by atoms with Crippen LogP contribution in [0.15, 0.2) is 296 Å². The van der Waals surface area contributed by atoms with Crippen LogP contribution in [-0.2, 0) is 0 Å². The van der Waals surface area contributed by atoms with Gasteiger partial charge in [-0.15, -0.1) is 0 Å². The smallest absolute Gasteiger partial charge is 0.179 e. The van der Waals surface area contributed by atoms with Gasteiger partial charge in [-0.25, -0.2) is 0 Å². The summed E-state index contributed by atoms with van der Waals surface area (Å²) in [6.07, 6.45) is 0. The maximum Gasteiger partial charge on any atom is 0.179 e. The van der Waals surface area contributed by atoms with Crippen LogP contribution in [0.25, 0.3) is 82.5 Å². The van der Waals surface area contributed by atoms with Gasteiger partial charge in [0.2, 0.25) is 0 Å². The van der Waals surface area contributed by atoms with Gasteiger partial charge in [-0.2, -0.15) is 0 Å². The van der Waals surface area contributed by atoms with Crippen molar-refractivity contribution >= 4 is 100 Å². The molecule has 3 nitrogen and oxygen atoms in total.